The Morgan fingerprint density at radius 2 is 1.37 bits per heavy atom. The van der Waals surface area contributed by atoms with Gasteiger partial charge in [0.2, 0.25) is 12.4 Å². The van der Waals surface area contributed by atoms with Crippen LogP contribution in [0.1, 0.15) is 27.7 Å². The molecule has 0 amide bonds. The minimum atomic E-state index is -1.44. The molecule has 13 nitrogen and oxygen atoms in total. The first-order valence-electron chi connectivity index (χ1n) is 13.1. The molecule has 228 valence electrons. The van der Waals surface area contributed by atoms with Gasteiger partial charge < -0.3 is 37.6 Å². The number of fused-ring (bicyclic) bond motifs is 1. The molecular formula is C30H30O13. The van der Waals surface area contributed by atoms with Crippen molar-refractivity contribution in [2.24, 2.45) is 0 Å². The summed E-state index contributed by atoms with van der Waals surface area (Å²) in [6.07, 6.45) is -5.43. The highest BCUT2D eigenvalue weighted by Crippen LogP contribution is 2.32. The summed E-state index contributed by atoms with van der Waals surface area (Å²) < 4.78 is 44.2. The van der Waals surface area contributed by atoms with E-state index in [-0.39, 0.29) is 22.1 Å². The molecule has 4 rings (SSSR count). The summed E-state index contributed by atoms with van der Waals surface area (Å²) in [5, 5.41) is 0.266. The Hall–Kier alpha value is -4.91. The minimum Gasteiger partial charge on any atom is -0.497 e. The van der Waals surface area contributed by atoms with E-state index in [0.717, 1.165) is 20.8 Å². The molecule has 1 aliphatic heterocycles. The molecule has 2 heterocycles. The average molecular weight is 599 g/mol. The third kappa shape index (κ3) is 7.49. The lowest BCUT2D eigenvalue weighted by Crippen LogP contribution is -2.63. The summed E-state index contributed by atoms with van der Waals surface area (Å²) in [4.78, 5) is 60.8. The van der Waals surface area contributed by atoms with Gasteiger partial charge in [-0.3, -0.25) is 24.0 Å². The highest BCUT2D eigenvalue weighted by Gasteiger charge is 2.53. The van der Waals surface area contributed by atoms with Gasteiger partial charge in [-0.1, -0.05) is 12.1 Å². The van der Waals surface area contributed by atoms with Gasteiger partial charge >= 0.3 is 23.9 Å². The number of rotatable bonds is 9. The van der Waals surface area contributed by atoms with Crippen LogP contribution >= 0.6 is 0 Å². The van der Waals surface area contributed by atoms with Crippen molar-refractivity contribution in [1.29, 1.82) is 0 Å². The Kier molecular flexibility index (Phi) is 9.66. The minimum absolute atomic E-state index is 0.133. The number of ether oxygens (including phenoxy) is 7. The normalized spacial score (nSPS) is 21.4. The van der Waals surface area contributed by atoms with Gasteiger partial charge in [0.1, 0.15) is 36.1 Å². The van der Waals surface area contributed by atoms with Gasteiger partial charge in [-0.25, -0.2) is 0 Å². The molecule has 5 atom stereocenters. The topological polar surface area (TPSA) is 163 Å². The Morgan fingerprint density at radius 3 is 1.98 bits per heavy atom. The predicted octanol–water partition coefficient (Wildman–Crippen LogP) is 2.93. The third-order valence-electron chi connectivity index (χ3n) is 6.35. The first-order chi connectivity index (χ1) is 20.5. The van der Waals surface area contributed by atoms with Crippen LogP contribution in [0.4, 0.5) is 0 Å². The van der Waals surface area contributed by atoms with E-state index in [1.165, 1.54) is 31.4 Å². The molecular weight excluding hydrogens is 568 g/mol. The van der Waals surface area contributed by atoms with Gasteiger partial charge in [0.25, 0.3) is 0 Å². The van der Waals surface area contributed by atoms with Gasteiger partial charge in [-0.05, 0) is 29.8 Å². The van der Waals surface area contributed by atoms with E-state index in [2.05, 4.69) is 0 Å². The molecule has 0 N–H and O–H groups in total. The fourth-order valence-electron chi connectivity index (χ4n) is 4.57. The van der Waals surface area contributed by atoms with Crippen LogP contribution in [0.15, 0.2) is 57.9 Å². The Balaban J connectivity index is 1.69. The highest BCUT2D eigenvalue weighted by atomic mass is 16.7. The lowest BCUT2D eigenvalue weighted by molar-refractivity contribution is -0.288. The van der Waals surface area contributed by atoms with E-state index < -0.39 is 61.2 Å². The predicted molar refractivity (Wildman–Crippen MR) is 147 cm³/mol. The quantitative estimate of drug-likeness (QED) is 0.261. The molecule has 0 bridgehead atoms. The average Bonchev–Trinajstić information content (AvgIpc) is 2.94. The Labute approximate surface area is 245 Å². The van der Waals surface area contributed by atoms with Gasteiger partial charge in [0, 0.05) is 33.8 Å². The standard InChI is InChI=1S/C30H30O13/c1-15(31)37-14-25-27(39-16(2)32)28(40-17(3)33)29(41-18(4)34)30(43-25)42-21-10-11-22-24(12-21)38-13-23(26(22)35)19-6-8-20(36-5)9-7-19/h6-13,25,27-30H,14H2,1-5H3/t25-,27-,28+,29-,30-/m0/s1. The number of hydrogen-bond donors (Lipinski definition) is 0. The molecule has 43 heavy (non-hydrogen) atoms. The summed E-state index contributed by atoms with van der Waals surface area (Å²) in [7, 11) is 1.54. The van der Waals surface area contributed by atoms with Gasteiger partial charge in [0.15, 0.2) is 17.6 Å². The lowest BCUT2D eigenvalue weighted by Gasteiger charge is -2.43. The molecule has 0 spiro atoms. The Bertz CT molecular complexity index is 1560. The smallest absolute Gasteiger partial charge is 0.303 e. The zero-order chi connectivity index (χ0) is 31.3. The number of hydrogen-bond acceptors (Lipinski definition) is 13. The zero-order valence-electron chi connectivity index (χ0n) is 24.0. The molecule has 3 aromatic rings. The first-order valence-corrected chi connectivity index (χ1v) is 13.1. The van der Waals surface area contributed by atoms with Crippen LogP contribution in [0.5, 0.6) is 11.5 Å². The second-order valence-corrected chi connectivity index (χ2v) is 9.55. The first kappa shape index (κ1) is 31.0. The van der Waals surface area contributed by atoms with E-state index in [9.17, 15) is 24.0 Å². The van der Waals surface area contributed by atoms with E-state index in [1.807, 2.05) is 0 Å². The second-order valence-electron chi connectivity index (χ2n) is 9.55. The van der Waals surface area contributed by atoms with Crippen LogP contribution in [0.2, 0.25) is 0 Å². The van der Waals surface area contributed by atoms with Crippen molar-refractivity contribution < 1.29 is 56.8 Å². The molecule has 1 aromatic heterocycles. The number of benzene rings is 2. The zero-order valence-corrected chi connectivity index (χ0v) is 24.0. The SMILES string of the molecule is COc1ccc(-c2coc3cc(O[C@H]4O[C@@H](COC(C)=O)[C@H](OC(C)=O)[C@@H](OC(C)=O)[C@@H]4OC(C)=O)ccc3c2=O)cc1. The molecule has 0 unspecified atom stereocenters. The Morgan fingerprint density at radius 1 is 0.767 bits per heavy atom. The van der Waals surface area contributed by atoms with Crippen LogP contribution in [0.3, 0.4) is 0 Å². The highest BCUT2D eigenvalue weighted by molar-refractivity contribution is 5.82. The van der Waals surface area contributed by atoms with Crippen molar-refractivity contribution in [2.45, 2.75) is 58.4 Å². The monoisotopic (exact) mass is 598 g/mol. The van der Waals surface area contributed by atoms with E-state index >= 15 is 0 Å². The van der Waals surface area contributed by atoms with Gasteiger partial charge in [-0.15, -0.1) is 0 Å². The van der Waals surface area contributed by atoms with Crippen LogP contribution in [0, 0.1) is 0 Å². The van der Waals surface area contributed by atoms with Crippen molar-refractivity contribution in [3.8, 4) is 22.6 Å². The number of carbonyl (C=O) groups is 4. The molecule has 13 heteroatoms. The van der Waals surface area contributed by atoms with E-state index in [1.54, 1.807) is 31.4 Å². The molecule has 1 saturated heterocycles. The van der Waals surface area contributed by atoms with Crippen molar-refractivity contribution in [1.82, 2.24) is 0 Å². The molecule has 1 aliphatic rings. The molecule has 0 radical (unpaired) electrons. The molecule has 2 aromatic carbocycles. The second kappa shape index (κ2) is 13.4. The molecule has 0 aliphatic carbocycles. The van der Waals surface area contributed by atoms with Crippen molar-refractivity contribution >= 4 is 34.8 Å². The fraction of sp³-hybridized carbons (Fsp3) is 0.367. The van der Waals surface area contributed by atoms with Crippen molar-refractivity contribution in [2.75, 3.05) is 13.7 Å². The van der Waals surface area contributed by atoms with E-state index in [0.29, 0.717) is 16.9 Å². The fourth-order valence-corrected chi connectivity index (χ4v) is 4.57. The summed E-state index contributed by atoms with van der Waals surface area (Å²) in [6, 6.07) is 11.3. The van der Waals surface area contributed by atoms with Gasteiger partial charge in [0.05, 0.1) is 18.1 Å². The number of carbonyl (C=O) groups excluding carboxylic acids is 4. The largest absolute Gasteiger partial charge is 0.497 e. The maximum absolute atomic E-state index is 13.3. The summed E-state index contributed by atoms with van der Waals surface area (Å²) in [5.74, 6) is -2.17. The summed E-state index contributed by atoms with van der Waals surface area (Å²) in [5.41, 5.74) is 0.869. The molecule has 1 fully saturated rings. The number of methoxy groups -OCH3 is 1. The lowest BCUT2D eigenvalue weighted by atomic mass is 9.98. The van der Waals surface area contributed by atoms with Crippen LogP contribution in [-0.4, -0.2) is 68.3 Å². The van der Waals surface area contributed by atoms with Crippen LogP contribution in [0.25, 0.3) is 22.1 Å². The maximum atomic E-state index is 13.3. The van der Waals surface area contributed by atoms with Crippen LogP contribution in [-0.2, 0) is 42.9 Å². The summed E-state index contributed by atoms with van der Waals surface area (Å²) >= 11 is 0. The number of esters is 4. The van der Waals surface area contributed by atoms with Crippen molar-refractivity contribution in [3.63, 3.8) is 0 Å². The third-order valence-corrected chi connectivity index (χ3v) is 6.35. The summed E-state index contributed by atoms with van der Waals surface area (Å²) in [6.45, 7) is 4.14. The maximum Gasteiger partial charge on any atom is 0.303 e. The van der Waals surface area contributed by atoms with E-state index in [4.69, 9.17) is 37.6 Å². The van der Waals surface area contributed by atoms with Gasteiger partial charge in [-0.2, -0.15) is 0 Å². The molecule has 0 saturated carbocycles. The van der Waals surface area contributed by atoms with Crippen molar-refractivity contribution in [3.05, 3.63) is 59.0 Å². The van der Waals surface area contributed by atoms with Crippen LogP contribution < -0.4 is 14.9 Å².